The molecule has 1 aliphatic rings. The first-order chi connectivity index (χ1) is 9.63. The van der Waals surface area contributed by atoms with Crippen molar-refractivity contribution in [1.82, 2.24) is 5.32 Å². The van der Waals surface area contributed by atoms with Gasteiger partial charge in [-0.3, -0.25) is 0 Å². The van der Waals surface area contributed by atoms with Gasteiger partial charge in [0.15, 0.2) is 0 Å². The third-order valence-corrected chi connectivity index (χ3v) is 4.79. The average molecular weight is 271 g/mol. The topological polar surface area (TPSA) is 25.2 Å². The third kappa shape index (κ3) is 2.76. The van der Waals surface area contributed by atoms with E-state index in [4.69, 9.17) is 4.42 Å². The smallest absolute Gasteiger partial charge is 0.134 e. The fourth-order valence-electron chi connectivity index (χ4n) is 3.38. The molecule has 2 aromatic rings. The molecule has 4 unspecified atom stereocenters. The van der Waals surface area contributed by atoms with Crippen LogP contribution in [-0.2, 0) is 0 Å². The number of benzene rings is 1. The molecule has 1 N–H and O–H groups in total. The van der Waals surface area contributed by atoms with Crippen molar-refractivity contribution in [2.45, 2.75) is 52.1 Å². The lowest BCUT2D eigenvalue weighted by atomic mass is 9.80. The van der Waals surface area contributed by atoms with Crippen molar-refractivity contribution in [2.24, 2.45) is 11.8 Å². The van der Waals surface area contributed by atoms with E-state index >= 15 is 0 Å². The highest BCUT2D eigenvalue weighted by Crippen LogP contribution is 2.31. The van der Waals surface area contributed by atoms with Gasteiger partial charge in [0.1, 0.15) is 11.3 Å². The second kappa shape index (κ2) is 5.61. The Balaban J connectivity index is 1.73. The molecule has 1 aromatic heterocycles. The minimum absolute atomic E-state index is 0.278. The van der Waals surface area contributed by atoms with Gasteiger partial charge in [0.2, 0.25) is 0 Å². The number of rotatable bonds is 3. The standard InChI is InChI=1S/C18H25NO/c1-12-8-9-13(2)16(10-12)19-14(3)18-11-15-6-4-5-7-17(15)20-18/h4-7,11-14,16,19H,8-10H2,1-3H3. The predicted octanol–water partition coefficient (Wildman–Crippen LogP) is 4.91. The van der Waals surface area contributed by atoms with E-state index in [0.29, 0.717) is 6.04 Å². The van der Waals surface area contributed by atoms with Crippen LogP contribution in [0.15, 0.2) is 34.7 Å². The normalized spacial score (nSPS) is 28.6. The van der Waals surface area contributed by atoms with Crippen LogP contribution in [0.3, 0.4) is 0 Å². The Bertz CT molecular complexity index is 541. The van der Waals surface area contributed by atoms with Crippen LogP contribution in [0.5, 0.6) is 0 Å². The number of nitrogens with one attached hydrogen (secondary N) is 1. The van der Waals surface area contributed by atoms with Gasteiger partial charge in [-0.05, 0) is 43.7 Å². The number of fused-ring (bicyclic) bond motifs is 1. The summed E-state index contributed by atoms with van der Waals surface area (Å²) < 4.78 is 5.97. The number of furan rings is 1. The molecule has 1 aromatic carbocycles. The molecule has 0 amide bonds. The third-order valence-electron chi connectivity index (χ3n) is 4.79. The van der Waals surface area contributed by atoms with Gasteiger partial charge in [0.25, 0.3) is 0 Å². The molecule has 0 bridgehead atoms. The molecule has 1 aliphatic carbocycles. The molecular weight excluding hydrogens is 246 g/mol. The highest BCUT2D eigenvalue weighted by molar-refractivity contribution is 5.77. The summed E-state index contributed by atoms with van der Waals surface area (Å²) in [6.07, 6.45) is 4.00. The summed E-state index contributed by atoms with van der Waals surface area (Å²) in [7, 11) is 0. The minimum Gasteiger partial charge on any atom is -0.459 e. The zero-order valence-electron chi connectivity index (χ0n) is 12.7. The van der Waals surface area contributed by atoms with E-state index in [1.807, 2.05) is 12.1 Å². The highest BCUT2D eigenvalue weighted by Gasteiger charge is 2.27. The maximum atomic E-state index is 5.97. The van der Waals surface area contributed by atoms with E-state index in [0.717, 1.165) is 23.2 Å². The first-order valence-electron chi connectivity index (χ1n) is 7.88. The molecule has 3 rings (SSSR count). The quantitative estimate of drug-likeness (QED) is 0.858. The summed E-state index contributed by atoms with van der Waals surface area (Å²) in [5.41, 5.74) is 0.987. The van der Waals surface area contributed by atoms with E-state index in [9.17, 15) is 0 Å². The minimum atomic E-state index is 0.278. The van der Waals surface area contributed by atoms with E-state index in [1.165, 1.54) is 24.6 Å². The molecule has 2 heteroatoms. The van der Waals surface area contributed by atoms with Crippen molar-refractivity contribution in [3.63, 3.8) is 0 Å². The van der Waals surface area contributed by atoms with E-state index in [1.54, 1.807) is 0 Å². The predicted molar refractivity (Wildman–Crippen MR) is 83.7 cm³/mol. The molecule has 0 spiro atoms. The van der Waals surface area contributed by atoms with Gasteiger partial charge >= 0.3 is 0 Å². The zero-order chi connectivity index (χ0) is 14.1. The number of hydrogen-bond acceptors (Lipinski definition) is 2. The van der Waals surface area contributed by atoms with Crippen LogP contribution in [-0.4, -0.2) is 6.04 Å². The molecule has 2 nitrogen and oxygen atoms in total. The second-order valence-corrected chi connectivity index (χ2v) is 6.58. The van der Waals surface area contributed by atoms with Crippen molar-refractivity contribution in [3.05, 3.63) is 36.1 Å². The van der Waals surface area contributed by atoms with Gasteiger partial charge in [0.05, 0.1) is 6.04 Å². The van der Waals surface area contributed by atoms with Gasteiger partial charge in [-0.25, -0.2) is 0 Å². The van der Waals surface area contributed by atoms with E-state index in [2.05, 4.69) is 44.3 Å². The summed E-state index contributed by atoms with van der Waals surface area (Å²) >= 11 is 0. The number of para-hydroxylation sites is 1. The summed E-state index contributed by atoms with van der Waals surface area (Å²) in [6.45, 7) is 6.95. The first kappa shape index (κ1) is 13.7. The van der Waals surface area contributed by atoms with Crippen molar-refractivity contribution in [2.75, 3.05) is 0 Å². The van der Waals surface area contributed by atoms with Crippen LogP contribution in [0.2, 0.25) is 0 Å². The molecule has 1 saturated carbocycles. The van der Waals surface area contributed by atoms with Crippen LogP contribution >= 0.6 is 0 Å². The Hall–Kier alpha value is -1.28. The monoisotopic (exact) mass is 271 g/mol. The van der Waals surface area contributed by atoms with Gasteiger partial charge < -0.3 is 9.73 Å². The second-order valence-electron chi connectivity index (χ2n) is 6.58. The Morgan fingerprint density at radius 3 is 2.80 bits per heavy atom. The average Bonchev–Trinajstić information content (AvgIpc) is 2.87. The molecule has 20 heavy (non-hydrogen) atoms. The molecule has 1 fully saturated rings. The van der Waals surface area contributed by atoms with E-state index in [-0.39, 0.29) is 6.04 Å². The Morgan fingerprint density at radius 1 is 1.20 bits per heavy atom. The fourth-order valence-corrected chi connectivity index (χ4v) is 3.38. The highest BCUT2D eigenvalue weighted by atomic mass is 16.3. The lowest BCUT2D eigenvalue weighted by Gasteiger charge is -2.35. The Morgan fingerprint density at radius 2 is 2.00 bits per heavy atom. The SMILES string of the molecule is CC1CCC(C)C(NC(C)c2cc3ccccc3o2)C1. The molecule has 0 radical (unpaired) electrons. The lowest BCUT2D eigenvalue weighted by Crippen LogP contribution is -2.40. The van der Waals surface area contributed by atoms with Crippen LogP contribution < -0.4 is 5.32 Å². The van der Waals surface area contributed by atoms with Crippen LogP contribution in [0.1, 0.15) is 51.8 Å². The van der Waals surface area contributed by atoms with Crippen molar-refractivity contribution in [3.8, 4) is 0 Å². The Kier molecular flexibility index (Phi) is 3.84. The van der Waals surface area contributed by atoms with Crippen molar-refractivity contribution in [1.29, 1.82) is 0 Å². The molecule has 4 atom stereocenters. The fraction of sp³-hybridized carbons (Fsp3) is 0.556. The van der Waals surface area contributed by atoms with Gasteiger partial charge in [0, 0.05) is 11.4 Å². The molecule has 0 saturated heterocycles. The largest absolute Gasteiger partial charge is 0.459 e. The molecular formula is C18H25NO. The van der Waals surface area contributed by atoms with Gasteiger partial charge in [-0.15, -0.1) is 0 Å². The molecule has 1 heterocycles. The van der Waals surface area contributed by atoms with E-state index < -0.39 is 0 Å². The lowest BCUT2D eigenvalue weighted by molar-refractivity contribution is 0.211. The van der Waals surface area contributed by atoms with Gasteiger partial charge in [-0.2, -0.15) is 0 Å². The van der Waals surface area contributed by atoms with Crippen molar-refractivity contribution < 1.29 is 4.42 Å². The maximum Gasteiger partial charge on any atom is 0.134 e. The molecule has 0 aliphatic heterocycles. The summed E-state index contributed by atoms with van der Waals surface area (Å²) in [6, 6.07) is 11.3. The maximum absolute atomic E-state index is 5.97. The van der Waals surface area contributed by atoms with Crippen LogP contribution in [0.4, 0.5) is 0 Å². The first-order valence-corrected chi connectivity index (χ1v) is 7.88. The van der Waals surface area contributed by atoms with Crippen molar-refractivity contribution >= 4 is 11.0 Å². The van der Waals surface area contributed by atoms with Crippen LogP contribution in [0.25, 0.3) is 11.0 Å². The van der Waals surface area contributed by atoms with Gasteiger partial charge in [-0.1, -0.05) is 38.5 Å². The summed E-state index contributed by atoms with van der Waals surface area (Å²) in [5.74, 6) is 2.65. The number of hydrogen-bond donors (Lipinski definition) is 1. The summed E-state index contributed by atoms with van der Waals surface area (Å²) in [4.78, 5) is 0. The summed E-state index contributed by atoms with van der Waals surface area (Å²) in [5, 5.41) is 4.98. The molecule has 108 valence electrons. The zero-order valence-corrected chi connectivity index (χ0v) is 12.7. The Labute approximate surface area is 121 Å². The van der Waals surface area contributed by atoms with Crippen LogP contribution in [0, 0.1) is 11.8 Å².